The molecule has 0 amide bonds. The number of rotatable bonds is 6. The maximum atomic E-state index is 6.89. The van der Waals surface area contributed by atoms with E-state index in [4.69, 9.17) is 14.7 Å². The smallest absolute Gasteiger partial charge is 0.128 e. The third-order valence-corrected chi connectivity index (χ3v) is 10.1. The standard InChI is InChI=1S/C47H40N2O/c1-31-14-12-15-32(2)45(31)34-26-33(43-30-35(23-25-48-43)46(3,4)5)27-38(28-34)50-37-17-13-16-36(29-37)47(44-22-10-11-24-49-44)41-20-8-6-18-39(41)40-19-7-9-21-42(40)47/h6-30H,1-5H3. The molecule has 7 aromatic rings. The molecule has 0 saturated heterocycles. The van der Waals surface area contributed by atoms with Crippen LogP contribution < -0.4 is 4.74 Å². The number of benzene rings is 5. The number of nitrogens with zero attached hydrogens (tertiary/aromatic N) is 2. The lowest BCUT2D eigenvalue weighted by molar-refractivity contribution is 0.481. The molecular formula is C47H40N2O. The highest BCUT2D eigenvalue weighted by Crippen LogP contribution is 2.55. The van der Waals surface area contributed by atoms with Crippen LogP contribution in [-0.4, -0.2) is 9.97 Å². The van der Waals surface area contributed by atoms with E-state index in [2.05, 4.69) is 162 Å². The molecule has 0 N–H and O–H groups in total. The zero-order valence-electron chi connectivity index (χ0n) is 29.2. The molecular weight excluding hydrogens is 609 g/mol. The molecule has 1 aliphatic carbocycles. The van der Waals surface area contributed by atoms with E-state index in [1.807, 2.05) is 24.5 Å². The van der Waals surface area contributed by atoms with E-state index >= 15 is 0 Å². The highest BCUT2D eigenvalue weighted by Gasteiger charge is 2.47. The maximum absolute atomic E-state index is 6.89. The first kappa shape index (κ1) is 31.5. The van der Waals surface area contributed by atoms with Crippen molar-refractivity contribution in [3.8, 4) is 45.0 Å². The summed E-state index contributed by atoms with van der Waals surface area (Å²) in [6, 6.07) is 49.5. The van der Waals surface area contributed by atoms with E-state index < -0.39 is 5.41 Å². The zero-order chi connectivity index (χ0) is 34.5. The number of fused-ring (bicyclic) bond motifs is 3. The molecule has 0 atom stereocenters. The van der Waals surface area contributed by atoms with E-state index in [9.17, 15) is 0 Å². The Morgan fingerprint density at radius 2 is 1.20 bits per heavy atom. The van der Waals surface area contributed by atoms with Crippen LogP contribution in [0.25, 0.3) is 33.5 Å². The molecule has 0 radical (unpaired) electrons. The Hall–Kier alpha value is -5.80. The fourth-order valence-electron chi connectivity index (χ4n) is 7.76. The third kappa shape index (κ3) is 5.31. The van der Waals surface area contributed by atoms with Gasteiger partial charge in [-0.1, -0.05) is 106 Å². The van der Waals surface area contributed by atoms with Crippen LogP contribution in [0.15, 0.2) is 152 Å². The summed E-state index contributed by atoms with van der Waals surface area (Å²) >= 11 is 0. The molecule has 0 unspecified atom stereocenters. The van der Waals surface area contributed by atoms with Gasteiger partial charge in [0.1, 0.15) is 11.5 Å². The zero-order valence-corrected chi connectivity index (χ0v) is 29.2. The summed E-state index contributed by atoms with van der Waals surface area (Å²) in [5.41, 5.74) is 14.4. The number of aromatic nitrogens is 2. The molecule has 2 aromatic heterocycles. The van der Waals surface area contributed by atoms with E-state index in [0.717, 1.165) is 39.6 Å². The minimum atomic E-state index is -0.601. The summed E-state index contributed by atoms with van der Waals surface area (Å²) in [4.78, 5) is 9.84. The number of ether oxygens (including phenoxy) is 1. The molecule has 5 aromatic carbocycles. The topological polar surface area (TPSA) is 35.0 Å². The lowest BCUT2D eigenvalue weighted by Gasteiger charge is -2.32. The van der Waals surface area contributed by atoms with Crippen LogP contribution in [0.4, 0.5) is 0 Å². The van der Waals surface area contributed by atoms with Gasteiger partial charge in [-0.2, -0.15) is 0 Å². The van der Waals surface area contributed by atoms with Crippen molar-refractivity contribution in [1.82, 2.24) is 9.97 Å². The van der Waals surface area contributed by atoms with Gasteiger partial charge >= 0.3 is 0 Å². The molecule has 0 saturated carbocycles. The Balaban J connectivity index is 1.30. The van der Waals surface area contributed by atoms with E-state index in [0.29, 0.717) is 0 Å². The normalized spacial score (nSPS) is 13.1. The summed E-state index contributed by atoms with van der Waals surface area (Å²) in [5.74, 6) is 1.53. The molecule has 3 nitrogen and oxygen atoms in total. The number of hydrogen-bond donors (Lipinski definition) is 0. The predicted molar refractivity (Wildman–Crippen MR) is 205 cm³/mol. The average Bonchev–Trinajstić information content (AvgIpc) is 3.43. The van der Waals surface area contributed by atoms with Crippen LogP contribution in [0, 0.1) is 13.8 Å². The Kier molecular flexibility index (Phi) is 7.72. The van der Waals surface area contributed by atoms with Crippen LogP contribution in [0.5, 0.6) is 11.5 Å². The van der Waals surface area contributed by atoms with E-state index in [1.165, 1.54) is 44.5 Å². The monoisotopic (exact) mass is 648 g/mol. The molecule has 50 heavy (non-hydrogen) atoms. The van der Waals surface area contributed by atoms with Gasteiger partial charge in [-0.3, -0.25) is 9.97 Å². The molecule has 244 valence electrons. The lowest BCUT2D eigenvalue weighted by Crippen LogP contribution is -2.29. The van der Waals surface area contributed by atoms with Gasteiger partial charge in [0.2, 0.25) is 0 Å². The maximum Gasteiger partial charge on any atom is 0.128 e. The first-order valence-electron chi connectivity index (χ1n) is 17.3. The van der Waals surface area contributed by atoms with Gasteiger partial charge in [0.25, 0.3) is 0 Å². The second-order valence-electron chi connectivity index (χ2n) is 14.4. The molecule has 0 aliphatic heterocycles. The van der Waals surface area contributed by atoms with Crippen molar-refractivity contribution in [2.24, 2.45) is 0 Å². The van der Waals surface area contributed by atoms with Crippen LogP contribution in [0.2, 0.25) is 0 Å². The molecule has 0 fully saturated rings. The predicted octanol–water partition coefficient (Wildman–Crippen LogP) is 11.9. The van der Waals surface area contributed by atoms with Crippen LogP contribution in [0.1, 0.15) is 59.8 Å². The number of hydrogen-bond acceptors (Lipinski definition) is 3. The summed E-state index contributed by atoms with van der Waals surface area (Å²) in [6.45, 7) is 11.1. The molecule has 2 heterocycles. The van der Waals surface area contributed by atoms with Crippen molar-refractivity contribution < 1.29 is 4.74 Å². The van der Waals surface area contributed by atoms with Gasteiger partial charge in [-0.05, 0) is 129 Å². The van der Waals surface area contributed by atoms with Crippen molar-refractivity contribution in [3.05, 3.63) is 191 Å². The second-order valence-corrected chi connectivity index (χ2v) is 14.4. The van der Waals surface area contributed by atoms with Gasteiger partial charge in [0, 0.05) is 18.0 Å². The largest absolute Gasteiger partial charge is 0.457 e. The van der Waals surface area contributed by atoms with Gasteiger partial charge in [0.15, 0.2) is 0 Å². The van der Waals surface area contributed by atoms with Crippen molar-refractivity contribution >= 4 is 0 Å². The Morgan fingerprint density at radius 1 is 0.540 bits per heavy atom. The average molecular weight is 649 g/mol. The third-order valence-electron chi connectivity index (χ3n) is 10.1. The number of pyridine rings is 2. The summed E-state index contributed by atoms with van der Waals surface area (Å²) in [5, 5.41) is 0. The van der Waals surface area contributed by atoms with Gasteiger partial charge < -0.3 is 4.74 Å². The van der Waals surface area contributed by atoms with Crippen molar-refractivity contribution in [2.75, 3.05) is 0 Å². The molecule has 0 spiro atoms. The molecule has 8 rings (SSSR count). The Morgan fingerprint density at radius 3 is 1.88 bits per heavy atom. The van der Waals surface area contributed by atoms with Gasteiger partial charge in [-0.25, -0.2) is 0 Å². The number of aryl methyl sites for hydroxylation is 2. The van der Waals surface area contributed by atoms with Crippen molar-refractivity contribution in [2.45, 2.75) is 45.4 Å². The Bertz CT molecular complexity index is 2300. The van der Waals surface area contributed by atoms with E-state index in [-0.39, 0.29) is 5.41 Å². The highest BCUT2D eigenvalue weighted by atomic mass is 16.5. The summed E-state index contributed by atoms with van der Waals surface area (Å²) < 4.78 is 6.89. The highest BCUT2D eigenvalue weighted by molar-refractivity contribution is 5.86. The minimum absolute atomic E-state index is 0.00270. The minimum Gasteiger partial charge on any atom is -0.457 e. The van der Waals surface area contributed by atoms with Crippen molar-refractivity contribution in [1.29, 1.82) is 0 Å². The fourth-order valence-corrected chi connectivity index (χ4v) is 7.76. The molecule has 0 bridgehead atoms. The fraction of sp³-hybridized carbons (Fsp3) is 0.149. The lowest BCUT2D eigenvalue weighted by atomic mass is 9.70. The Labute approximate surface area is 295 Å². The van der Waals surface area contributed by atoms with E-state index in [1.54, 1.807) is 0 Å². The van der Waals surface area contributed by atoms with Gasteiger partial charge in [-0.15, -0.1) is 0 Å². The van der Waals surface area contributed by atoms with Crippen LogP contribution in [0.3, 0.4) is 0 Å². The first-order valence-corrected chi connectivity index (χ1v) is 17.3. The van der Waals surface area contributed by atoms with Gasteiger partial charge in [0.05, 0.1) is 16.8 Å². The summed E-state index contributed by atoms with van der Waals surface area (Å²) in [6.07, 6.45) is 3.81. The van der Waals surface area contributed by atoms with Crippen molar-refractivity contribution in [3.63, 3.8) is 0 Å². The first-order chi connectivity index (χ1) is 24.2. The molecule has 1 aliphatic rings. The SMILES string of the molecule is Cc1cccc(C)c1-c1cc(Oc2cccc(C3(c4ccccn4)c4ccccc4-c4ccccc43)c2)cc(-c2cc(C(C)(C)C)ccn2)c1. The van der Waals surface area contributed by atoms with Crippen LogP contribution >= 0.6 is 0 Å². The van der Waals surface area contributed by atoms with Crippen LogP contribution in [-0.2, 0) is 10.8 Å². The summed E-state index contributed by atoms with van der Waals surface area (Å²) in [7, 11) is 0. The molecule has 3 heteroatoms. The second kappa shape index (κ2) is 12.3. The quantitative estimate of drug-likeness (QED) is 0.180.